The summed E-state index contributed by atoms with van der Waals surface area (Å²) in [6.07, 6.45) is 0. The van der Waals surface area contributed by atoms with Gasteiger partial charge in [-0.2, -0.15) is 0 Å². The minimum atomic E-state index is 0.859. The number of fused-ring (bicyclic) bond motifs is 15. The standard InChI is InChI=1S/C42H23N3S2/c1-2-13-25(14-3-1)37-41(43-38-30-19-9-11-21-32(30)47-42(38)44-37)45-31-20-10-8-18-29(31)34-27-16-6-7-17-28(27)36-35-26-15-5-4-12-24(26)22-23-33(35)46-40(36)39(34)45/h1-23H. The van der Waals surface area contributed by atoms with Crippen LogP contribution >= 0.6 is 22.7 Å². The minimum Gasteiger partial charge on any atom is -0.290 e. The molecule has 0 fully saturated rings. The molecule has 0 saturated heterocycles. The molecule has 5 heteroatoms. The number of aromatic nitrogens is 3. The van der Waals surface area contributed by atoms with Crippen molar-refractivity contribution in [3.05, 3.63) is 140 Å². The van der Waals surface area contributed by atoms with Gasteiger partial charge in [-0.15, -0.1) is 22.7 Å². The zero-order valence-electron chi connectivity index (χ0n) is 24.9. The fraction of sp³-hybridized carbons (Fsp3) is 0. The molecule has 0 aliphatic carbocycles. The van der Waals surface area contributed by atoms with Gasteiger partial charge in [0.05, 0.1) is 15.7 Å². The highest BCUT2D eigenvalue weighted by molar-refractivity contribution is 7.27. The number of nitrogens with zero attached hydrogens (tertiary/aromatic N) is 3. The van der Waals surface area contributed by atoms with Gasteiger partial charge >= 0.3 is 0 Å². The summed E-state index contributed by atoms with van der Waals surface area (Å²) in [7, 11) is 0. The van der Waals surface area contributed by atoms with Crippen LogP contribution in [0.25, 0.3) is 101 Å². The molecule has 0 unspecified atom stereocenters. The number of hydrogen-bond acceptors (Lipinski definition) is 4. The molecule has 3 nitrogen and oxygen atoms in total. The molecule has 0 N–H and O–H groups in total. The maximum absolute atomic E-state index is 5.59. The van der Waals surface area contributed by atoms with E-state index in [-0.39, 0.29) is 0 Å². The Morgan fingerprint density at radius 3 is 2.00 bits per heavy atom. The second kappa shape index (κ2) is 9.46. The van der Waals surface area contributed by atoms with Crippen LogP contribution in [0, 0.1) is 0 Å². The number of benzene rings is 7. The van der Waals surface area contributed by atoms with Gasteiger partial charge in [0.1, 0.15) is 16.0 Å². The Morgan fingerprint density at radius 2 is 1.15 bits per heavy atom. The lowest BCUT2D eigenvalue weighted by Gasteiger charge is -2.14. The van der Waals surface area contributed by atoms with Crippen molar-refractivity contribution in [1.82, 2.24) is 14.5 Å². The molecular formula is C42H23N3S2. The van der Waals surface area contributed by atoms with E-state index < -0.39 is 0 Å². The van der Waals surface area contributed by atoms with Crippen LogP contribution in [0.15, 0.2) is 140 Å². The average molecular weight is 634 g/mol. The van der Waals surface area contributed by atoms with Gasteiger partial charge < -0.3 is 0 Å². The third-order valence-corrected chi connectivity index (χ3v) is 11.8. The molecular weight excluding hydrogens is 611 g/mol. The fourth-order valence-electron chi connectivity index (χ4n) is 7.62. The van der Waals surface area contributed by atoms with E-state index >= 15 is 0 Å². The van der Waals surface area contributed by atoms with Crippen LogP contribution in [0.1, 0.15) is 0 Å². The van der Waals surface area contributed by atoms with Crippen LogP contribution in [0.5, 0.6) is 0 Å². The van der Waals surface area contributed by atoms with E-state index in [1.807, 2.05) is 11.3 Å². The summed E-state index contributed by atoms with van der Waals surface area (Å²) in [4.78, 5) is 12.0. The molecule has 4 aromatic heterocycles. The smallest absolute Gasteiger partial charge is 0.165 e. The lowest BCUT2D eigenvalue weighted by Crippen LogP contribution is -2.03. The normalized spacial score (nSPS) is 12.3. The van der Waals surface area contributed by atoms with E-state index in [9.17, 15) is 0 Å². The van der Waals surface area contributed by atoms with E-state index in [0.29, 0.717) is 0 Å². The predicted octanol–water partition coefficient (Wildman–Crippen LogP) is 12.3. The van der Waals surface area contributed by atoms with Crippen molar-refractivity contribution in [2.45, 2.75) is 0 Å². The summed E-state index contributed by atoms with van der Waals surface area (Å²) in [6, 6.07) is 50.2. The Morgan fingerprint density at radius 1 is 0.468 bits per heavy atom. The fourth-order valence-corrected chi connectivity index (χ4v) is 9.91. The van der Waals surface area contributed by atoms with Crippen molar-refractivity contribution in [2.75, 3.05) is 0 Å². The number of thiophene rings is 2. The molecule has 11 rings (SSSR count). The molecule has 4 heterocycles. The van der Waals surface area contributed by atoms with Gasteiger partial charge in [-0.1, -0.05) is 121 Å². The van der Waals surface area contributed by atoms with Crippen LogP contribution in [-0.4, -0.2) is 14.5 Å². The molecule has 0 saturated carbocycles. The zero-order chi connectivity index (χ0) is 30.6. The van der Waals surface area contributed by atoms with Crippen molar-refractivity contribution in [2.24, 2.45) is 0 Å². The maximum atomic E-state index is 5.59. The number of hydrogen-bond donors (Lipinski definition) is 0. The quantitative estimate of drug-likeness (QED) is 0.190. The molecule has 0 atom stereocenters. The number of para-hydroxylation sites is 1. The SMILES string of the molecule is c1ccc(-c2nc3sc4ccccc4c3nc2-n2c3ccccc3c3c4ccccc4c4c(sc5ccc6ccccc6c54)c32)cc1. The molecule has 11 aromatic rings. The Labute approximate surface area is 276 Å². The molecule has 0 aliphatic rings. The average Bonchev–Trinajstić information content (AvgIpc) is 3.81. The first-order valence-corrected chi connectivity index (χ1v) is 17.4. The lowest BCUT2D eigenvalue weighted by atomic mass is 9.96. The summed E-state index contributed by atoms with van der Waals surface area (Å²) in [6.45, 7) is 0. The Hall–Kier alpha value is -5.62. The molecule has 218 valence electrons. The van der Waals surface area contributed by atoms with E-state index in [0.717, 1.165) is 38.3 Å². The van der Waals surface area contributed by atoms with Gasteiger partial charge in [-0.25, -0.2) is 9.97 Å². The zero-order valence-corrected chi connectivity index (χ0v) is 26.6. The Kier molecular flexibility index (Phi) is 5.14. The summed E-state index contributed by atoms with van der Waals surface area (Å²) < 4.78 is 6.18. The van der Waals surface area contributed by atoms with E-state index in [2.05, 4.69) is 144 Å². The highest BCUT2D eigenvalue weighted by Gasteiger charge is 2.25. The molecule has 0 spiro atoms. The van der Waals surface area contributed by atoms with Gasteiger partial charge in [-0.3, -0.25) is 4.57 Å². The molecule has 0 bridgehead atoms. The highest BCUT2D eigenvalue weighted by atomic mass is 32.1. The summed E-state index contributed by atoms with van der Waals surface area (Å²) >= 11 is 3.60. The monoisotopic (exact) mass is 633 g/mol. The largest absolute Gasteiger partial charge is 0.290 e. The first-order valence-electron chi connectivity index (χ1n) is 15.8. The third kappa shape index (κ3) is 3.45. The van der Waals surface area contributed by atoms with Crippen LogP contribution in [0.2, 0.25) is 0 Å². The first kappa shape index (κ1) is 25.6. The van der Waals surface area contributed by atoms with Crippen molar-refractivity contribution in [1.29, 1.82) is 0 Å². The minimum absolute atomic E-state index is 0.859. The summed E-state index contributed by atoms with van der Waals surface area (Å²) in [5.41, 5.74) is 5.22. The molecule has 0 aliphatic heterocycles. The second-order valence-electron chi connectivity index (χ2n) is 12.1. The Bertz CT molecular complexity index is 3070. The van der Waals surface area contributed by atoms with E-state index in [4.69, 9.17) is 9.97 Å². The van der Waals surface area contributed by atoms with Crippen LogP contribution in [-0.2, 0) is 0 Å². The Balaban J connectivity index is 1.42. The predicted molar refractivity (Wildman–Crippen MR) is 203 cm³/mol. The molecule has 0 radical (unpaired) electrons. The third-order valence-electron chi connectivity index (χ3n) is 9.59. The van der Waals surface area contributed by atoms with Crippen LogP contribution < -0.4 is 0 Å². The van der Waals surface area contributed by atoms with Crippen molar-refractivity contribution >= 4 is 107 Å². The maximum Gasteiger partial charge on any atom is 0.165 e. The van der Waals surface area contributed by atoms with Gasteiger partial charge in [0.15, 0.2) is 5.82 Å². The van der Waals surface area contributed by atoms with Gasteiger partial charge in [0.2, 0.25) is 0 Å². The van der Waals surface area contributed by atoms with E-state index in [1.54, 1.807) is 11.3 Å². The van der Waals surface area contributed by atoms with E-state index in [1.165, 1.54) is 62.7 Å². The lowest BCUT2D eigenvalue weighted by molar-refractivity contribution is 1.09. The molecule has 0 amide bonds. The summed E-state index contributed by atoms with van der Waals surface area (Å²) in [5, 5.41) is 11.4. The van der Waals surface area contributed by atoms with Crippen molar-refractivity contribution in [3.8, 4) is 17.1 Å². The van der Waals surface area contributed by atoms with Gasteiger partial charge in [-0.05, 0) is 39.7 Å². The topological polar surface area (TPSA) is 30.7 Å². The van der Waals surface area contributed by atoms with Gasteiger partial charge in [0.25, 0.3) is 0 Å². The summed E-state index contributed by atoms with van der Waals surface area (Å²) in [5.74, 6) is 0.859. The van der Waals surface area contributed by atoms with Crippen LogP contribution in [0.3, 0.4) is 0 Å². The van der Waals surface area contributed by atoms with Crippen molar-refractivity contribution in [3.63, 3.8) is 0 Å². The molecule has 47 heavy (non-hydrogen) atoms. The van der Waals surface area contributed by atoms with Crippen molar-refractivity contribution < 1.29 is 0 Å². The number of rotatable bonds is 2. The highest BCUT2D eigenvalue weighted by Crippen LogP contribution is 2.50. The second-order valence-corrected chi connectivity index (χ2v) is 14.2. The first-order chi connectivity index (χ1) is 23.3. The van der Waals surface area contributed by atoms with Gasteiger partial charge in [0, 0.05) is 41.9 Å². The molecule has 7 aromatic carbocycles. The van der Waals surface area contributed by atoms with Crippen LogP contribution in [0.4, 0.5) is 0 Å².